The largest absolute Gasteiger partial charge is 0.378 e. The molecule has 138 valence electrons. The third-order valence-corrected chi connectivity index (χ3v) is 5.62. The van der Waals surface area contributed by atoms with E-state index in [9.17, 15) is 4.79 Å². The molecule has 26 heavy (non-hydrogen) atoms. The highest BCUT2D eigenvalue weighted by Gasteiger charge is 2.41. The number of morpholine rings is 1. The van der Waals surface area contributed by atoms with Gasteiger partial charge in [-0.25, -0.2) is 0 Å². The predicted molar refractivity (Wildman–Crippen MR) is 100.0 cm³/mol. The van der Waals surface area contributed by atoms with Crippen molar-refractivity contribution in [2.24, 2.45) is 5.92 Å². The summed E-state index contributed by atoms with van der Waals surface area (Å²) in [6, 6.07) is 11.2. The predicted octanol–water partition coefficient (Wildman–Crippen LogP) is 3.16. The molecule has 2 saturated heterocycles. The minimum absolute atomic E-state index is 0.0835. The van der Waals surface area contributed by atoms with Gasteiger partial charge in [0.2, 0.25) is 0 Å². The van der Waals surface area contributed by atoms with E-state index in [1.807, 2.05) is 10.9 Å². The number of nitrogens with zero attached hydrogens (tertiary/aromatic N) is 3. The highest BCUT2D eigenvalue weighted by molar-refractivity contribution is 5.97. The molecule has 3 heterocycles. The lowest BCUT2D eigenvalue weighted by Crippen LogP contribution is -2.57. The van der Waals surface area contributed by atoms with Gasteiger partial charge in [-0.1, -0.05) is 37.3 Å². The number of aromatic nitrogens is 2. The van der Waals surface area contributed by atoms with Gasteiger partial charge < -0.3 is 4.74 Å². The molecule has 0 saturated carbocycles. The number of piperidine rings is 1. The molecule has 2 fully saturated rings. The number of aryl methyl sites for hydroxylation is 1. The van der Waals surface area contributed by atoms with Crippen molar-refractivity contribution in [2.45, 2.75) is 51.4 Å². The summed E-state index contributed by atoms with van der Waals surface area (Å²) in [4.78, 5) is 15.5. The quantitative estimate of drug-likeness (QED) is 0.749. The number of carbonyl (C=O) groups excluding carboxylic acids is 1. The van der Waals surface area contributed by atoms with Crippen LogP contribution in [0.3, 0.4) is 0 Å². The molecular weight excluding hydrogens is 326 g/mol. The van der Waals surface area contributed by atoms with Crippen LogP contribution >= 0.6 is 0 Å². The average Bonchev–Trinajstić information content (AvgIpc) is 3.11. The second-order valence-electron chi connectivity index (χ2n) is 7.53. The molecule has 5 heteroatoms. The maximum Gasteiger partial charge on any atom is 0.169 e. The van der Waals surface area contributed by atoms with E-state index in [1.54, 1.807) is 6.20 Å². The topological polar surface area (TPSA) is 47.4 Å². The lowest BCUT2D eigenvalue weighted by Gasteiger charge is -2.48. The lowest BCUT2D eigenvalue weighted by molar-refractivity contribution is -0.0872. The first-order chi connectivity index (χ1) is 12.7. The van der Waals surface area contributed by atoms with Crippen LogP contribution in [-0.4, -0.2) is 45.8 Å². The van der Waals surface area contributed by atoms with Crippen LogP contribution in [0.4, 0.5) is 0 Å². The summed E-state index contributed by atoms with van der Waals surface area (Å²) in [5.74, 6) is 0.337. The summed E-state index contributed by atoms with van der Waals surface area (Å²) in [5.41, 5.74) is 2.09. The summed E-state index contributed by atoms with van der Waals surface area (Å²) in [7, 11) is 0. The number of fused-ring (bicyclic) bond motifs is 2. The van der Waals surface area contributed by atoms with Gasteiger partial charge in [0.25, 0.3) is 0 Å². The van der Waals surface area contributed by atoms with Crippen LogP contribution in [0.15, 0.2) is 42.7 Å². The molecule has 0 N–H and O–H groups in total. The van der Waals surface area contributed by atoms with Crippen LogP contribution in [0, 0.1) is 5.92 Å². The molecule has 2 bridgehead atoms. The van der Waals surface area contributed by atoms with E-state index in [0.29, 0.717) is 12.1 Å². The molecule has 5 nitrogen and oxygen atoms in total. The Morgan fingerprint density at radius 1 is 1.19 bits per heavy atom. The molecule has 2 unspecified atom stereocenters. The molecule has 2 atom stereocenters. The van der Waals surface area contributed by atoms with Crippen molar-refractivity contribution in [2.75, 3.05) is 13.2 Å². The Balaban J connectivity index is 1.46. The van der Waals surface area contributed by atoms with Gasteiger partial charge in [-0.15, -0.1) is 0 Å². The van der Waals surface area contributed by atoms with Crippen molar-refractivity contribution in [1.29, 1.82) is 0 Å². The van der Waals surface area contributed by atoms with Gasteiger partial charge in [0.05, 0.1) is 25.0 Å². The van der Waals surface area contributed by atoms with E-state index in [-0.39, 0.29) is 11.7 Å². The lowest BCUT2D eigenvalue weighted by atomic mass is 9.81. The van der Waals surface area contributed by atoms with E-state index in [2.05, 4.69) is 47.3 Å². The highest BCUT2D eigenvalue weighted by atomic mass is 16.5. The van der Waals surface area contributed by atoms with Crippen molar-refractivity contribution < 1.29 is 9.53 Å². The van der Waals surface area contributed by atoms with Crippen LogP contribution in [0.5, 0.6) is 0 Å². The summed E-state index contributed by atoms with van der Waals surface area (Å²) in [6.07, 6.45) is 6.42. The van der Waals surface area contributed by atoms with Gasteiger partial charge in [-0.2, -0.15) is 5.10 Å². The molecular formula is C21H27N3O2. The van der Waals surface area contributed by atoms with Crippen LogP contribution in [-0.2, 0) is 17.8 Å². The first kappa shape index (κ1) is 17.4. The highest BCUT2D eigenvalue weighted by Crippen LogP contribution is 2.34. The first-order valence-electron chi connectivity index (χ1n) is 9.68. The summed E-state index contributed by atoms with van der Waals surface area (Å²) >= 11 is 0. The first-order valence-corrected chi connectivity index (χ1v) is 9.68. The Morgan fingerprint density at radius 3 is 2.62 bits per heavy atom. The molecule has 0 radical (unpaired) electrons. The third kappa shape index (κ3) is 3.60. The molecule has 2 aromatic rings. The Morgan fingerprint density at radius 2 is 1.92 bits per heavy atom. The average molecular weight is 353 g/mol. The number of rotatable bonds is 6. The standard InChI is InChI=1S/C21H27N3O2/c1-2-8-23-13-18(11-22-23)21(25)17-9-19-14-26-15-20(10-17)24(19)12-16-6-4-3-5-7-16/h3-7,11,13,17,19-20H,2,8-10,12,14-15H2,1H3. The van der Waals surface area contributed by atoms with Crippen molar-refractivity contribution in [1.82, 2.24) is 14.7 Å². The van der Waals surface area contributed by atoms with Crippen molar-refractivity contribution in [3.8, 4) is 0 Å². The van der Waals surface area contributed by atoms with Crippen molar-refractivity contribution >= 4 is 5.78 Å². The maximum absolute atomic E-state index is 13.0. The Kier molecular flexibility index (Phi) is 5.18. The number of hydrogen-bond acceptors (Lipinski definition) is 4. The number of ketones is 1. The van der Waals surface area contributed by atoms with Gasteiger partial charge in [-0.3, -0.25) is 14.4 Å². The summed E-state index contributed by atoms with van der Waals surface area (Å²) in [6.45, 7) is 5.37. The smallest absolute Gasteiger partial charge is 0.169 e. The van der Waals surface area contributed by atoms with Gasteiger partial charge in [-0.05, 0) is 24.8 Å². The fourth-order valence-electron chi connectivity index (χ4n) is 4.33. The zero-order chi connectivity index (χ0) is 17.9. The molecule has 1 aromatic carbocycles. The molecule has 2 aliphatic heterocycles. The van der Waals surface area contributed by atoms with Crippen molar-refractivity contribution in [3.63, 3.8) is 0 Å². The number of ether oxygens (including phenoxy) is 1. The summed E-state index contributed by atoms with van der Waals surface area (Å²) in [5, 5.41) is 4.33. The minimum Gasteiger partial charge on any atom is -0.378 e. The number of Topliss-reactive ketones (excluding diaryl/α,β-unsaturated/α-hetero) is 1. The van der Waals surface area contributed by atoms with E-state index in [0.717, 1.165) is 51.1 Å². The molecule has 1 aromatic heterocycles. The van der Waals surface area contributed by atoms with E-state index in [4.69, 9.17) is 4.74 Å². The summed E-state index contributed by atoms with van der Waals surface area (Å²) < 4.78 is 7.68. The SMILES string of the molecule is CCCn1cc(C(=O)C2CC3COCC(C2)N3Cc2ccccc2)cn1. The number of hydrogen-bond donors (Lipinski definition) is 0. The minimum atomic E-state index is 0.0835. The number of carbonyl (C=O) groups is 1. The Bertz CT molecular complexity index is 729. The number of benzene rings is 1. The molecule has 0 aliphatic carbocycles. The monoisotopic (exact) mass is 353 g/mol. The Labute approximate surface area is 154 Å². The molecule has 4 rings (SSSR count). The van der Waals surface area contributed by atoms with E-state index in [1.165, 1.54) is 5.56 Å². The fraction of sp³-hybridized carbons (Fsp3) is 0.524. The van der Waals surface area contributed by atoms with Gasteiger partial charge in [0.15, 0.2) is 5.78 Å². The molecule has 0 amide bonds. The second kappa shape index (κ2) is 7.72. The fourth-order valence-corrected chi connectivity index (χ4v) is 4.33. The van der Waals surface area contributed by atoms with Crippen LogP contribution in [0.1, 0.15) is 42.1 Å². The van der Waals surface area contributed by atoms with Crippen LogP contribution in [0.25, 0.3) is 0 Å². The molecule has 0 spiro atoms. The zero-order valence-corrected chi connectivity index (χ0v) is 15.4. The van der Waals surface area contributed by atoms with Gasteiger partial charge in [0, 0.05) is 37.3 Å². The van der Waals surface area contributed by atoms with Crippen LogP contribution in [0.2, 0.25) is 0 Å². The second-order valence-corrected chi connectivity index (χ2v) is 7.53. The van der Waals surface area contributed by atoms with Gasteiger partial charge in [0.1, 0.15) is 0 Å². The maximum atomic E-state index is 13.0. The molecule has 2 aliphatic rings. The normalized spacial score (nSPS) is 26.0. The van der Waals surface area contributed by atoms with E-state index < -0.39 is 0 Å². The van der Waals surface area contributed by atoms with E-state index >= 15 is 0 Å². The van der Waals surface area contributed by atoms with Gasteiger partial charge >= 0.3 is 0 Å². The third-order valence-electron chi connectivity index (χ3n) is 5.62. The van der Waals surface area contributed by atoms with Crippen molar-refractivity contribution in [3.05, 3.63) is 53.9 Å². The van der Waals surface area contributed by atoms with Crippen LogP contribution < -0.4 is 0 Å². The Hall–Kier alpha value is -1.98. The zero-order valence-electron chi connectivity index (χ0n) is 15.4.